The minimum absolute atomic E-state index is 0.000906. The number of carbonyl (C=O) groups is 2. The van der Waals surface area contributed by atoms with Crippen LogP contribution in [0.5, 0.6) is 0 Å². The van der Waals surface area contributed by atoms with E-state index in [-0.39, 0.29) is 23.7 Å². The Labute approximate surface area is 160 Å². The highest BCUT2D eigenvalue weighted by Crippen LogP contribution is 2.19. The third kappa shape index (κ3) is 5.64. The Hall–Kier alpha value is -2.19. The van der Waals surface area contributed by atoms with Gasteiger partial charge in [0, 0.05) is 45.5 Å². The van der Waals surface area contributed by atoms with Gasteiger partial charge in [-0.25, -0.2) is 4.98 Å². The molecule has 3 heterocycles. The van der Waals surface area contributed by atoms with E-state index in [0.717, 1.165) is 11.4 Å². The van der Waals surface area contributed by atoms with Gasteiger partial charge in [0.05, 0.1) is 25.0 Å². The lowest BCUT2D eigenvalue weighted by Gasteiger charge is -2.34. The summed E-state index contributed by atoms with van der Waals surface area (Å²) in [5, 5.41) is 9.40. The molecule has 0 aromatic carbocycles. The molecule has 2 aliphatic heterocycles. The molecule has 1 aromatic heterocycles. The fourth-order valence-corrected chi connectivity index (χ4v) is 3.53. The number of ether oxygens (including phenoxy) is 1. The maximum Gasteiger partial charge on any atom is 0.227 e. The smallest absolute Gasteiger partial charge is 0.227 e. The number of amides is 2. The third-order valence-electron chi connectivity index (χ3n) is 5.04. The second-order valence-electron chi connectivity index (χ2n) is 7.16. The number of hydrogen-bond acceptors (Lipinski definition) is 6. The van der Waals surface area contributed by atoms with Crippen LogP contribution in [0, 0.1) is 18.8 Å². The van der Waals surface area contributed by atoms with Crippen LogP contribution in [-0.4, -0.2) is 74.2 Å². The topological polar surface area (TPSA) is 95.6 Å². The van der Waals surface area contributed by atoms with Crippen LogP contribution >= 0.6 is 0 Å². The zero-order valence-electron chi connectivity index (χ0n) is 15.9. The van der Waals surface area contributed by atoms with E-state index >= 15 is 0 Å². The van der Waals surface area contributed by atoms with Gasteiger partial charge in [0.1, 0.15) is 5.82 Å². The second kappa shape index (κ2) is 9.66. The molecule has 1 aromatic rings. The number of nitrogens with one attached hydrogen (secondary N) is 3. The van der Waals surface area contributed by atoms with Gasteiger partial charge in [-0.15, -0.1) is 0 Å². The summed E-state index contributed by atoms with van der Waals surface area (Å²) in [6.45, 7) is 6.88. The van der Waals surface area contributed by atoms with E-state index in [1.807, 2.05) is 24.0 Å². The summed E-state index contributed by atoms with van der Waals surface area (Å²) in [7, 11) is 0. The summed E-state index contributed by atoms with van der Waals surface area (Å²) in [5.41, 5.74) is 1.14. The Morgan fingerprint density at radius 2 is 2.04 bits per heavy atom. The van der Waals surface area contributed by atoms with Crippen molar-refractivity contribution in [2.24, 2.45) is 11.8 Å². The fraction of sp³-hybridized carbons (Fsp3) is 0.632. The lowest BCUT2D eigenvalue weighted by Crippen LogP contribution is -2.51. The molecule has 2 atom stereocenters. The largest absolute Gasteiger partial charge is 0.378 e. The number of aromatic nitrogens is 1. The number of carbonyl (C=O) groups excluding carboxylic acids is 2. The number of nitrogens with zero attached hydrogens (tertiary/aromatic N) is 2. The van der Waals surface area contributed by atoms with Gasteiger partial charge in [0.25, 0.3) is 0 Å². The van der Waals surface area contributed by atoms with Gasteiger partial charge in [-0.1, -0.05) is 0 Å². The number of anilines is 1. The van der Waals surface area contributed by atoms with Gasteiger partial charge in [-0.2, -0.15) is 0 Å². The first-order chi connectivity index (χ1) is 13.1. The molecular weight excluding hydrogens is 346 g/mol. The molecule has 148 valence electrons. The van der Waals surface area contributed by atoms with E-state index < -0.39 is 0 Å². The monoisotopic (exact) mass is 375 g/mol. The molecule has 0 bridgehead atoms. The lowest BCUT2D eigenvalue weighted by molar-refractivity contribution is -0.141. The highest BCUT2D eigenvalue weighted by atomic mass is 16.5. The average Bonchev–Trinajstić information content (AvgIpc) is 2.71. The number of piperidine rings is 1. The first kappa shape index (κ1) is 19.6. The zero-order valence-corrected chi connectivity index (χ0v) is 15.9. The van der Waals surface area contributed by atoms with Crippen molar-refractivity contribution in [3.8, 4) is 0 Å². The Morgan fingerprint density at radius 1 is 1.26 bits per heavy atom. The molecule has 8 heteroatoms. The van der Waals surface area contributed by atoms with Crippen molar-refractivity contribution >= 4 is 17.6 Å². The van der Waals surface area contributed by atoms with Crippen molar-refractivity contribution in [1.29, 1.82) is 0 Å². The molecule has 2 fully saturated rings. The summed E-state index contributed by atoms with van der Waals surface area (Å²) in [6, 6.07) is 3.91. The number of hydrogen-bond donors (Lipinski definition) is 3. The van der Waals surface area contributed by atoms with E-state index in [4.69, 9.17) is 4.74 Å². The summed E-state index contributed by atoms with van der Waals surface area (Å²) in [4.78, 5) is 31.2. The Morgan fingerprint density at radius 3 is 2.81 bits per heavy atom. The van der Waals surface area contributed by atoms with Crippen LogP contribution in [-0.2, 0) is 14.3 Å². The second-order valence-corrected chi connectivity index (χ2v) is 7.16. The zero-order chi connectivity index (χ0) is 19.1. The molecule has 0 saturated carbocycles. The van der Waals surface area contributed by atoms with E-state index in [2.05, 4.69) is 20.9 Å². The van der Waals surface area contributed by atoms with Crippen LogP contribution in [0.15, 0.2) is 18.3 Å². The molecule has 2 saturated heterocycles. The van der Waals surface area contributed by atoms with Crippen molar-refractivity contribution in [3.63, 3.8) is 0 Å². The summed E-state index contributed by atoms with van der Waals surface area (Å²) in [6.07, 6.45) is 2.36. The van der Waals surface area contributed by atoms with Crippen LogP contribution in [0.2, 0.25) is 0 Å². The van der Waals surface area contributed by atoms with Gasteiger partial charge in [0.15, 0.2) is 0 Å². The number of aryl methyl sites for hydroxylation is 1. The number of morpholine rings is 1. The van der Waals surface area contributed by atoms with Crippen LogP contribution in [0.3, 0.4) is 0 Å². The van der Waals surface area contributed by atoms with Crippen molar-refractivity contribution in [1.82, 2.24) is 20.5 Å². The third-order valence-corrected chi connectivity index (χ3v) is 5.04. The van der Waals surface area contributed by atoms with E-state index in [1.54, 1.807) is 6.20 Å². The Bertz CT molecular complexity index is 648. The molecule has 2 amide bonds. The molecule has 0 radical (unpaired) electrons. The normalized spacial score (nSPS) is 22.9. The van der Waals surface area contributed by atoms with Gasteiger partial charge in [-0.3, -0.25) is 9.59 Å². The highest BCUT2D eigenvalue weighted by molar-refractivity contribution is 5.83. The maximum absolute atomic E-state index is 12.6. The molecular formula is C19H29N5O3. The quantitative estimate of drug-likeness (QED) is 0.606. The lowest BCUT2D eigenvalue weighted by atomic mass is 9.88. The van der Waals surface area contributed by atoms with Crippen molar-refractivity contribution < 1.29 is 14.3 Å². The Balaban J connectivity index is 1.40. The summed E-state index contributed by atoms with van der Waals surface area (Å²) >= 11 is 0. The molecule has 0 aliphatic carbocycles. The first-order valence-corrected chi connectivity index (χ1v) is 9.65. The van der Waals surface area contributed by atoms with Gasteiger partial charge >= 0.3 is 0 Å². The van der Waals surface area contributed by atoms with Crippen LogP contribution in [0.25, 0.3) is 0 Å². The molecule has 2 aliphatic rings. The molecule has 8 nitrogen and oxygen atoms in total. The molecule has 3 N–H and O–H groups in total. The molecule has 27 heavy (non-hydrogen) atoms. The molecule has 3 rings (SSSR count). The minimum atomic E-state index is -0.175. The first-order valence-electron chi connectivity index (χ1n) is 9.65. The molecule has 0 spiro atoms. The van der Waals surface area contributed by atoms with Gasteiger partial charge in [-0.05, 0) is 31.0 Å². The fourth-order valence-electron chi connectivity index (χ4n) is 3.53. The van der Waals surface area contributed by atoms with Gasteiger partial charge < -0.3 is 25.6 Å². The highest BCUT2D eigenvalue weighted by Gasteiger charge is 2.33. The predicted octanol–water partition coefficient (Wildman–Crippen LogP) is 0.00262. The van der Waals surface area contributed by atoms with E-state index in [1.165, 1.54) is 0 Å². The van der Waals surface area contributed by atoms with Crippen molar-refractivity contribution in [2.45, 2.75) is 13.3 Å². The van der Waals surface area contributed by atoms with Crippen molar-refractivity contribution in [3.05, 3.63) is 23.9 Å². The van der Waals surface area contributed by atoms with Crippen molar-refractivity contribution in [2.75, 3.05) is 57.8 Å². The minimum Gasteiger partial charge on any atom is -0.378 e. The standard InChI is InChI=1S/C19H29N5O3/c1-14-2-3-21-17(10-14)22-4-5-23-18(25)15-11-16(13-20-12-15)19(26)24-6-8-27-9-7-24/h2-3,10,15-16,20H,4-9,11-13H2,1H3,(H,21,22)(H,23,25). The van der Waals surface area contributed by atoms with E-state index in [9.17, 15) is 9.59 Å². The number of rotatable bonds is 6. The maximum atomic E-state index is 12.6. The summed E-state index contributed by atoms with van der Waals surface area (Å²) in [5.74, 6) is 0.629. The van der Waals surface area contributed by atoms with Crippen LogP contribution in [0.1, 0.15) is 12.0 Å². The average molecular weight is 375 g/mol. The van der Waals surface area contributed by atoms with Crippen LogP contribution < -0.4 is 16.0 Å². The van der Waals surface area contributed by atoms with E-state index in [0.29, 0.717) is 58.9 Å². The number of pyridine rings is 1. The predicted molar refractivity (Wildman–Crippen MR) is 102 cm³/mol. The SMILES string of the molecule is Cc1ccnc(NCCNC(=O)C2CNCC(C(=O)N3CCOCC3)C2)c1. The van der Waals surface area contributed by atoms with Gasteiger partial charge in [0.2, 0.25) is 11.8 Å². The molecule has 2 unspecified atom stereocenters. The van der Waals surface area contributed by atoms with Crippen LogP contribution in [0.4, 0.5) is 5.82 Å². The summed E-state index contributed by atoms with van der Waals surface area (Å²) < 4.78 is 5.31. The Kier molecular flexibility index (Phi) is 7.00.